The van der Waals surface area contributed by atoms with Gasteiger partial charge in [0.1, 0.15) is 5.75 Å². The van der Waals surface area contributed by atoms with Crippen molar-refractivity contribution in [3.8, 4) is 5.75 Å². The van der Waals surface area contributed by atoms with Crippen molar-refractivity contribution in [1.82, 2.24) is 5.32 Å². The smallest absolute Gasteiger partial charge is 0.124 e. The fourth-order valence-corrected chi connectivity index (χ4v) is 1.95. The van der Waals surface area contributed by atoms with Crippen molar-refractivity contribution in [2.45, 2.75) is 45.8 Å². The van der Waals surface area contributed by atoms with Gasteiger partial charge >= 0.3 is 0 Å². The van der Waals surface area contributed by atoms with Crippen molar-refractivity contribution in [3.05, 3.63) is 29.8 Å². The van der Waals surface area contributed by atoms with Crippen molar-refractivity contribution in [1.29, 1.82) is 0 Å². The van der Waals surface area contributed by atoms with Gasteiger partial charge in [-0.2, -0.15) is 0 Å². The standard InChI is InChI=1S/C15H25NO2/c1-4-12(17)11-16-14(5-2)13-9-7-8-10-15(13)18-6-3/h7-10,12,14,16-17H,4-6,11H2,1-3H3/t12-,14?/m1/s1. The van der Waals surface area contributed by atoms with E-state index in [0.717, 1.165) is 18.6 Å². The molecule has 1 aromatic rings. The topological polar surface area (TPSA) is 41.5 Å². The molecule has 0 aromatic heterocycles. The van der Waals surface area contributed by atoms with Crippen molar-refractivity contribution >= 4 is 0 Å². The molecule has 0 fully saturated rings. The van der Waals surface area contributed by atoms with E-state index < -0.39 is 0 Å². The summed E-state index contributed by atoms with van der Waals surface area (Å²) in [6, 6.07) is 8.33. The van der Waals surface area contributed by atoms with Gasteiger partial charge in [0, 0.05) is 18.2 Å². The third kappa shape index (κ3) is 4.31. The molecule has 0 saturated heterocycles. The SMILES string of the molecule is CCOc1ccccc1C(CC)NC[C@H](O)CC. The Balaban J connectivity index is 2.74. The molecule has 0 aliphatic carbocycles. The zero-order valence-corrected chi connectivity index (χ0v) is 11.6. The van der Waals surface area contributed by atoms with Gasteiger partial charge in [0.15, 0.2) is 0 Å². The molecule has 2 N–H and O–H groups in total. The molecule has 3 heteroatoms. The highest BCUT2D eigenvalue weighted by atomic mass is 16.5. The van der Waals surface area contributed by atoms with Gasteiger partial charge in [-0.1, -0.05) is 32.0 Å². The fourth-order valence-electron chi connectivity index (χ4n) is 1.95. The molecular weight excluding hydrogens is 226 g/mol. The first kappa shape index (κ1) is 15.0. The molecule has 0 spiro atoms. The largest absolute Gasteiger partial charge is 0.494 e. The molecular formula is C15H25NO2. The number of rotatable bonds is 8. The highest BCUT2D eigenvalue weighted by Crippen LogP contribution is 2.27. The zero-order valence-electron chi connectivity index (χ0n) is 11.6. The van der Waals surface area contributed by atoms with Crippen LogP contribution in [-0.4, -0.2) is 24.4 Å². The Morgan fingerprint density at radius 1 is 1.17 bits per heavy atom. The lowest BCUT2D eigenvalue weighted by Crippen LogP contribution is -2.30. The van der Waals surface area contributed by atoms with Gasteiger partial charge in [-0.05, 0) is 25.8 Å². The van der Waals surface area contributed by atoms with Crippen molar-refractivity contribution in [3.63, 3.8) is 0 Å². The molecule has 102 valence electrons. The van der Waals surface area contributed by atoms with Gasteiger partial charge in [-0.25, -0.2) is 0 Å². The van der Waals surface area contributed by atoms with Crippen LogP contribution in [0.3, 0.4) is 0 Å². The fraction of sp³-hybridized carbons (Fsp3) is 0.600. The van der Waals surface area contributed by atoms with E-state index in [1.165, 1.54) is 5.56 Å². The first-order valence-corrected chi connectivity index (χ1v) is 6.86. The Hall–Kier alpha value is -1.06. The molecule has 3 nitrogen and oxygen atoms in total. The van der Waals surface area contributed by atoms with Gasteiger partial charge < -0.3 is 15.2 Å². The van der Waals surface area contributed by atoms with Crippen LogP contribution in [0.5, 0.6) is 5.75 Å². The second-order valence-electron chi connectivity index (χ2n) is 4.40. The van der Waals surface area contributed by atoms with Crippen LogP contribution in [0.4, 0.5) is 0 Å². The van der Waals surface area contributed by atoms with Crippen LogP contribution >= 0.6 is 0 Å². The minimum absolute atomic E-state index is 0.231. The molecule has 1 rings (SSSR count). The van der Waals surface area contributed by atoms with Gasteiger partial charge in [0.25, 0.3) is 0 Å². The maximum absolute atomic E-state index is 9.63. The van der Waals surface area contributed by atoms with Crippen molar-refractivity contribution in [2.24, 2.45) is 0 Å². The monoisotopic (exact) mass is 251 g/mol. The molecule has 0 radical (unpaired) electrons. The number of hydrogen-bond acceptors (Lipinski definition) is 3. The lowest BCUT2D eigenvalue weighted by Gasteiger charge is -2.21. The third-order valence-electron chi connectivity index (χ3n) is 3.07. The number of para-hydroxylation sites is 1. The van der Waals surface area contributed by atoms with Crippen LogP contribution in [0.15, 0.2) is 24.3 Å². The van der Waals surface area contributed by atoms with Gasteiger partial charge in [-0.15, -0.1) is 0 Å². The number of ether oxygens (including phenoxy) is 1. The molecule has 0 bridgehead atoms. The number of nitrogens with one attached hydrogen (secondary N) is 1. The van der Waals surface area contributed by atoms with Crippen LogP contribution in [0.25, 0.3) is 0 Å². The van der Waals surface area contributed by atoms with Crippen LogP contribution in [0.2, 0.25) is 0 Å². The Kier molecular flexibility index (Phi) is 6.76. The van der Waals surface area contributed by atoms with E-state index in [0.29, 0.717) is 13.2 Å². The highest BCUT2D eigenvalue weighted by Gasteiger charge is 2.14. The molecule has 0 heterocycles. The molecule has 1 aromatic carbocycles. The number of hydrogen-bond donors (Lipinski definition) is 2. The van der Waals surface area contributed by atoms with E-state index in [4.69, 9.17) is 4.74 Å². The lowest BCUT2D eigenvalue weighted by molar-refractivity contribution is 0.162. The summed E-state index contributed by atoms with van der Waals surface area (Å²) in [6.45, 7) is 7.41. The van der Waals surface area contributed by atoms with Crippen LogP contribution in [-0.2, 0) is 0 Å². The summed E-state index contributed by atoms with van der Waals surface area (Å²) < 4.78 is 5.65. The van der Waals surface area contributed by atoms with E-state index in [-0.39, 0.29) is 12.1 Å². The van der Waals surface area contributed by atoms with Gasteiger partial charge in [0.2, 0.25) is 0 Å². The van der Waals surface area contributed by atoms with E-state index in [2.05, 4.69) is 18.3 Å². The maximum Gasteiger partial charge on any atom is 0.124 e. The molecule has 0 amide bonds. The Morgan fingerprint density at radius 3 is 2.50 bits per heavy atom. The maximum atomic E-state index is 9.63. The second kappa shape index (κ2) is 8.11. The first-order chi connectivity index (χ1) is 8.72. The minimum atomic E-state index is -0.279. The van der Waals surface area contributed by atoms with Crippen molar-refractivity contribution in [2.75, 3.05) is 13.2 Å². The number of aliphatic hydroxyl groups excluding tert-OH is 1. The predicted molar refractivity (Wildman–Crippen MR) is 74.9 cm³/mol. The average Bonchev–Trinajstić information content (AvgIpc) is 2.41. The lowest BCUT2D eigenvalue weighted by atomic mass is 10.0. The molecule has 2 atom stereocenters. The van der Waals surface area contributed by atoms with E-state index in [9.17, 15) is 5.11 Å². The number of aliphatic hydroxyl groups is 1. The first-order valence-electron chi connectivity index (χ1n) is 6.86. The highest BCUT2D eigenvalue weighted by molar-refractivity contribution is 5.35. The van der Waals surface area contributed by atoms with Crippen LogP contribution in [0, 0.1) is 0 Å². The number of benzene rings is 1. The summed E-state index contributed by atoms with van der Waals surface area (Å²) in [4.78, 5) is 0. The summed E-state index contributed by atoms with van der Waals surface area (Å²) in [5.41, 5.74) is 1.17. The quantitative estimate of drug-likeness (QED) is 0.746. The summed E-state index contributed by atoms with van der Waals surface area (Å²) in [6.07, 6.45) is 1.47. The molecule has 0 aliphatic heterocycles. The molecule has 0 saturated carbocycles. The normalized spacial score (nSPS) is 14.2. The average molecular weight is 251 g/mol. The summed E-state index contributed by atoms with van der Waals surface area (Å²) in [5.74, 6) is 0.935. The van der Waals surface area contributed by atoms with Crippen molar-refractivity contribution < 1.29 is 9.84 Å². The summed E-state index contributed by atoms with van der Waals surface area (Å²) >= 11 is 0. The van der Waals surface area contributed by atoms with E-state index in [1.807, 2.05) is 32.0 Å². The molecule has 1 unspecified atom stereocenters. The summed E-state index contributed by atoms with van der Waals surface area (Å²) in [5, 5.41) is 13.0. The van der Waals surface area contributed by atoms with E-state index in [1.54, 1.807) is 0 Å². The third-order valence-corrected chi connectivity index (χ3v) is 3.07. The Morgan fingerprint density at radius 2 is 1.89 bits per heavy atom. The van der Waals surface area contributed by atoms with Gasteiger partial charge in [0.05, 0.1) is 12.7 Å². The molecule has 0 aliphatic rings. The van der Waals surface area contributed by atoms with E-state index >= 15 is 0 Å². The predicted octanol–water partition coefficient (Wildman–Crippen LogP) is 2.90. The minimum Gasteiger partial charge on any atom is -0.494 e. The Labute approximate surface area is 110 Å². The van der Waals surface area contributed by atoms with Crippen LogP contribution < -0.4 is 10.1 Å². The zero-order chi connectivity index (χ0) is 13.4. The summed E-state index contributed by atoms with van der Waals surface area (Å²) in [7, 11) is 0. The van der Waals surface area contributed by atoms with Gasteiger partial charge in [-0.3, -0.25) is 0 Å². The van der Waals surface area contributed by atoms with Crippen LogP contribution in [0.1, 0.15) is 45.2 Å². The Bertz CT molecular complexity index is 341. The molecule has 18 heavy (non-hydrogen) atoms. The second-order valence-corrected chi connectivity index (χ2v) is 4.40.